The molecule has 3 unspecified atom stereocenters. The molecule has 0 amide bonds. The van der Waals surface area contributed by atoms with Gasteiger partial charge < -0.3 is 10.4 Å². The number of phenolic OH excluding ortho intramolecular Hbond substituents is 1. The Hall–Kier alpha value is -1.23. The minimum atomic E-state index is -4.10. The smallest absolute Gasteiger partial charge is 0.391 e. The summed E-state index contributed by atoms with van der Waals surface area (Å²) in [6.45, 7) is 1.87. The Balaban J connectivity index is 1.98. The number of rotatable bonds is 3. The highest BCUT2D eigenvalue weighted by Crippen LogP contribution is 2.38. The first kappa shape index (κ1) is 15.2. The van der Waals surface area contributed by atoms with E-state index in [2.05, 4.69) is 5.32 Å². The topological polar surface area (TPSA) is 32.3 Å². The molecule has 0 heterocycles. The maximum atomic E-state index is 12.8. The van der Waals surface area contributed by atoms with Crippen LogP contribution in [-0.2, 0) is 0 Å². The molecule has 2 nitrogen and oxygen atoms in total. The molecule has 2 rings (SSSR count). The Labute approximate surface area is 117 Å². The maximum absolute atomic E-state index is 12.8. The zero-order valence-corrected chi connectivity index (χ0v) is 11.5. The zero-order valence-electron chi connectivity index (χ0n) is 11.5. The number of hydrogen-bond acceptors (Lipinski definition) is 2. The molecule has 1 aliphatic rings. The molecule has 20 heavy (non-hydrogen) atoms. The standard InChI is InChI=1S/C15H20F3NO/c1-10(13-7-2-3-8-14(13)20)19-12-6-4-5-11(9-12)15(16,17)18/h2-3,7-8,10-12,19-20H,4-6,9H2,1H3. The van der Waals surface area contributed by atoms with Gasteiger partial charge in [-0.25, -0.2) is 0 Å². The van der Waals surface area contributed by atoms with Crippen LogP contribution in [0.25, 0.3) is 0 Å². The van der Waals surface area contributed by atoms with Crippen LogP contribution in [-0.4, -0.2) is 17.3 Å². The summed E-state index contributed by atoms with van der Waals surface area (Å²) in [6.07, 6.45) is -2.40. The highest BCUT2D eigenvalue weighted by Gasteiger charge is 2.42. The largest absolute Gasteiger partial charge is 0.508 e. The molecule has 112 valence electrons. The molecule has 0 aromatic heterocycles. The molecular formula is C15H20F3NO. The van der Waals surface area contributed by atoms with Crippen molar-refractivity contribution in [2.75, 3.05) is 0 Å². The van der Waals surface area contributed by atoms with E-state index in [1.165, 1.54) is 0 Å². The summed E-state index contributed by atoms with van der Waals surface area (Å²) in [6, 6.07) is 6.61. The van der Waals surface area contributed by atoms with Crippen molar-refractivity contribution < 1.29 is 18.3 Å². The van der Waals surface area contributed by atoms with Gasteiger partial charge in [0, 0.05) is 17.6 Å². The van der Waals surface area contributed by atoms with Crippen LogP contribution in [0.1, 0.15) is 44.2 Å². The first-order valence-electron chi connectivity index (χ1n) is 6.98. The van der Waals surface area contributed by atoms with Crippen LogP contribution in [0.4, 0.5) is 13.2 Å². The molecule has 1 saturated carbocycles. The number of aromatic hydroxyl groups is 1. The average molecular weight is 287 g/mol. The van der Waals surface area contributed by atoms with Crippen molar-refractivity contribution in [1.82, 2.24) is 5.32 Å². The molecular weight excluding hydrogens is 267 g/mol. The monoisotopic (exact) mass is 287 g/mol. The number of nitrogens with one attached hydrogen (secondary N) is 1. The van der Waals surface area contributed by atoms with E-state index in [4.69, 9.17) is 0 Å². The van der Waals surface area contributed by atoms with Gasteiger partial charge in [0.1, 0.15) is 5.75 Å². The Morgan fingerprint density at radius 2 is 1.95 bits per heavy atom. The fourth-order valence-corrected chi connectivity index (χ4v) is 2.94. The van der Waals surface area contributed by atoms with Crippen molar-refractivity contribution in [2.45, 2.75) is 50.9 Å². The summed E-state index contributed by atoms with van der Waals surface area (Å²) in [5.41, 5.74) is 0.724. The quantitative estimate of drug-likeness (QED) is 0.874. The molecule has 1 fully saturated rings. The second-order valence-corrected chi connectivity index (χ2v) is 5.55. The summed E-state index contributed by atoms with van der Waals surface area (Å²) >= 11 is 0. The Kier molecular flexibility index (Phi) is 4.58. The molecule has 3 atom stereocenters. The zero-order chi connectivity index (χ0) is 14.8. The van der Waals surface area contributed by atoms with E-state index in [1.54, 1.807) is 18.2 Å². The van der Waals surface area contributed by atoms with Gasteiger partial charge in [-0.1, -0.05) is 24.6 Å². The molecule has 0 aliphatic heterocycles. The van der Waals surface area contributed by atoms with E-state index in [-0.39, 0.29) is 30.7 Å². The number of benzene rings is 1. The number of phenols is 1. The predicted molar refractivity (Wildman–Crippen MR) is 71.5 cm³/mol. The second kappa shape index (κ2) is 6.04. The molecule has 0 bridgehead atoms. The minimum absolute atomic E-state index is 0.126. The molecule has 0 spiro atoms. The van der Waals surface area contributed by atoms with Crippen LogP contribution < -0.4 is 5.32 Å². The normalized spacial score (nSPS) is 25.4. The number of para-hydroxylation sites is 1. The molecule has 0 radical (unpaired) electrons. The van der Waals surface area contributed by atoms with E-state index in [0.29, 0.717) is 6.42 Å². The van der Waals surface area contributed by atoms with Gasteiger partial charge in [0.15, 0.2) is 0 Å². The van der Waals surface area contributed by atoms with Crippen LogP contribution in [0.15, 0.2) is 24.3 Å². The van der Waals surface area contributed by atoms with E-state index in [0.717, 1.165) is 12.0 Å². The summed E-state index contributed by atoms with van der Waals surface area (Å²) < 4.78 is 38.3. The van der Waals surface area contributed by atoms with E-state index >= 15 is 0 Å². The summed E-state index contributed by atoms with van der Waals surface area (Å²) in [4.78, 5) is 0. The van der Waals surface area contributed by atoms with Crippen molar-refractivity contribution >= 4 is 0 Å². The highest BCUT2D eigenvalue weighted by atomic mass is 19.4. The minimum Gasteiger partial charge on any atom is -0.508 e. The van der Waals surface area contributed by atoms with E-state index in [1.807, 2.05) is 13.0 Å². The first-order valence-corrected chi connectivity index (χ1v) is 6.98. The maximum Gasteiger partial charge on any atom is 0.391 e. The van der Waals surface area contributed by atoms with Crippen molar-refractivity contribution in [2.24, 2.45) is 5.92 Å². The third-order valence-corrected chi connectivity index (χ3v) is 4.03. The lowest BCUT2D eigenvalue weighted by molar-refractivity contribution is -0.183. The average Bonchev–Trinajstić information content (AvgIpc) is 2.38. The fourth-order valence-electron chi connectivity index (χ4n) is 2.94. The molecule has 0 saturated heterocycles. The lowest BCUT2D eigenvalue weighted by Crippen LogP contribution is -2.39. The van der Waals surface area contributed by atoms with Gasteiger partial charge in [-0.05, 0) is 32.3 Å². The van der Waals surface area contributed by atoms with Gasteiger partial charge in [-0.2, -0.15) is 13.2 Å². The Bertz CT molecular complexity index is 447. The fraction of sp³-hybridized carbons (Fsp3) is 0.600. The molecule has 1 aromatic rings. The van der Waals surface area contributed by atoms with Crippen LogP contribution in [0.3, 0.4) is 0 Å². The van der Waals surface area contributed by atoms with E-state index < -0.39 is 12.1 Å². The van der Waals surface area contributed by atoms with E-state index in [9.17, 15) is 18.3 Å². The van der Waals surface area contributed by atoms with Crippen LogP contribution in [0.2, 0.25) is 0 Å². The first-order chi connectivity index (χ1) is 9.38. The third-order valence-electron chi connectivity index (χ3n) is 4.03. The number of alkyl halides is 3. The second-order valence-electron chi connectivity index (χ2n) is 5.55. The highest BCUT2D eigenvalue weighted by molar-refractivity contribution is 5.34. The van der Waals surface area contributed by atoms with Crippen molar-refractivity contribution in [1.29, 1.82) is 0 Å². The van der Waals surface area contributed by atoms with Crippen molar-refractivity contribution in [3.63, 3.8) is 0 Å². The van der Waals surface area contributed by atoms with Gasteiger partial charge in [-0.3, -0.25) is 0 Å². The van der Waals surface area contributed by atoms with Gasteiger partial charge in [0.05, 0.1) is 5.92 Å². The van der Waals surface area contributed by atoms with Gasteiger partial charge in [0.2, 0.25) is 0 Å². The lowest BCUT2D eigenvalue weighted by atomic mass is 9.84. The number of hydrogen-bond donors (Lipinski definition) is 2. The van der Waals surface area contributed by atoms with Crippen LogP contribution >= 0.6 is 0 Å². The molecule has 2 N–H and O–H groups in total. The van der Waals surface area contributed by atoms with Crippen molar-refractivity contribution in [3.8, 4) is 5.75 Å². The third kappa shape index (κ3) is 3.66. The summed E-state index contributed by atoms with van der Waals surface area (Å²) in [5, 5.41) is 13.0. The van der Waals surface area contributed by atoms with Gasteiger partial charge in [0.25, 0.3) is 0 Å². The van der Waals surface area contributed by atoms with Gasteiger partial charge >= 0.3 is 6.18 Å². The SMILES string of the molecule is CC(NC1CCCC(C(F)(F)F)C1)c1ccccc1O. The Morgan fingerprint density at radius 3 is 2.60 bits per heavy atom. The predicted octanol–water partition coefficient (Wildman–Crippen LogP) is 4.16. The Morgan fingerprint density at radius 1 is 1.25 bits per heavy atom. The summed E-state index contributed by atoms with van der Waals surface area (Å²) in [7, 11) is 0. The summed E-state index contributed by atoms with van der Waals surface area (Å²) in [5.74, 6) is -1.03. The van der Waals surface area contributed by atoms with Crippen LogP contribution in [0.5, 0.6) is 5.75 Å². The molecule has 5 heteroatoms. The molecule has 1 aromatic carbocycles. The van der Waals surface area contributed by atoms with Gasteiger partial charge in [-0.15, -0.1) is 0 Å². The lowest BCUT2D eigenvalue weighted by Gasteiger charge is -2.33. The number of halogens is 3. The van der Waals surface area contributed by atoms with Crippen molar-refractivity contribution in [3.05, 3.63) is 29.8 Å². The molecule has 1 aliphatic carbocycles. The van der Waals surface area contributed by atoms with Crippen LogP contribution in [0, 0.1) is 5.92 Å².